The van der Waals surface area contributed by atoms with Gasteiger partial charge in [-0.1, -0.05) is 6.07 Å². The minimum Gasteiger partial charge on any atom is -0.493 e. The number of benzene rings is 1. The summed E-state index contributed by atoms with van der Waals surface area (Å²) < 4.78 is 5.74. The van der Waals surface area contributed by atoms with Crippen molar-refractivity contribution in [2.45, 2.75) is 27.2 Å². The van der Waals surface area contributed by atoms with E-state index in [4.69, 9.17) is 15.9 Å². The van der Waals surface area contributed by atoms with Crippen LogP contribution in [0, 0.1) is 26.2 Å². The second-order valence-corrected chi connectivity index (χ2v) is 5.86. The van der Waals surface area contributed by atoms with Crippen LogP contribution in [0.25, 0.3) is 0 Å². The van der Waals surface area contributed by atoms with Gasteiger partial charge in [-0.05, 0) is 44.0 Å². The average Bonchev–Trinajstić information content (AvgIpc) is 2.75. The molecule has 0 aliphatic carbocycles. The summed E-state index contributed by atoms with van der Waals surface area (Å²) in [5.41, 5.74) is 8.81. The highest BCUT2D eigenvalue weighted by atomic mass is 32.1. The van der Waals surface area contributed by atoms with Gasteiger partial charge < -0.3 is 10.5 Å². The number of nitrogens with two attached hydrogens (primary N) is 1. The highest BCUT2D eigenvalue weighted by Gasteiger charge is 2.09. The molecule has 2 aromatic rings. The van der Waals surface area contributed by atoms with Crippen LogP contribution in [0.4, 0.5) is 0 Å². The SMILES string of the molecule is Cc1ccc(OCCc2nc(C)c(C(=N)N)s2)cc1C. The van der Waals surface area contributed by atoms with Crippen LogP contribution in [0.1, 0.15) is 26.7 Å². The minimum atomic E-state index is 0.0846. The molecular weight excluding hydrogens is 270 g/mol. The van der Waals surface area contributed by atoms with Gasteiger partial charge >= 0.3 is 0 Å². The molecule has 0 saturated heterocycles. The second-order valence-electron chi connectivity index (χ2n) is 4.78. The number of nitrogens with one attached hydrogen (secondary N) is 1. The number of aromatic nitrogens is 1. The van der Waals surface area contributed by atoms with E-state index in [0.717, 1.165) is 27.7 Å². The van der Waals surface area contributed by atoms with E-state index in [-0.39, 0.29) is 5.84 Å². The summed E-state index contributed by atoms with van der Waals surface area (Å²) in [7, 11) is 0. The predicted molar refractivity (Wildman–Crippen MR) is 83.0 cm³/mol. The number of hydrogen-bond acceptors (Lipinski definition) is 4. The Morgan fingerprint density at radius 3 is 2.65 bits per heavy atom. The topological polar surface area (TPSA) is 72.0 Å². The molecule has 3 N–H and O–H groups in total. The molecule has 20 heavy (non-hydrogen) atoms. The van der Waals surface area contributed by atoms with E-state index in [9.17, 15) is 0 Å². The van der Waals surface area contributed by atoms with Crippen molar-refractivity contribution in [2.75, 3.05) is 6.61 Å². The fraction of sp³-hybridized carbons (Fsp3) is 0.333. The molecule has 0 aliphatic heterocycles. The molecule has 2 rings (SSSR count). The molecule has 1 heterocycles. The zero-order chi connectivity index (χ0) is 14.7. The average molecular weight is 289 g/mol. The largest absolute Gasteiger partial charge is 0.493 e. The van der Waals surface area contributed by atoms with Gasteiger partial charge in [-0.2, -0.15) is 0 Å². The van der Waals surface area contributed by atoms with Crippen LogP contribution in [-0.4, -0.2) is 17.4 Å². The Morgan fingerprint density at radius 1 is 1.30 bits per heavy atom. The third-order valence-electron chi connectivity index (χ3n) is 3.15. The van der Waals surface area contributed by atoms with Gasteiger partial charge in [-0.25, -0.2) is 4.98 Å². The number of ether oxygens (including phenoxy) is 1. The van der Waals surface area contributed by atoms with Crippen molar-refractivity contribution >= 4 is 17.2 Å². The van der Waals surface area contributed by atoms with E-state index >= 15 is 0 Å². The van der Waals surface area contributed by atoms with Crippen molar-refractivity contribution in [3.8, 4) is 5.75 Å². The highest BCUT2D eigenvalue weighted by molar-refractivity contribution is 7.13. The monoisotopic (exact) mass is 289 g/mol. The number of hydrogen-bond donors (Lipinski definition) is 2. The number of aryl methyl sites for hydroxylation is 3. The number of nitrogen functional groups attached to an aromatic ring is 1. The van der Waals surface area contributed by atoms with Crippen LogP contribution in [0.5, 0.6) is 5.75 Å². The van der Waals surface area contributed by atoms with Crippen LogP contribution in [0.3, 0.4) is 0 Å². The third-order valence-corrected chi connectivity index (χ3v) is 4.40. The first-order valence-corrected chi connectivity index (χ1v) is 7.30. The summed E-state index contributed by atoms with van der Waals surface area (Å²) in [6.45, 7) is 6.61. The molecule has 0 atom stereocenters. The van der Waals surface area contributed by atoms with Crippen LogP contribution in [0.15, 0.2) is 18.2 Å². The molecule has 0 fully saturated rings. The first kappa shape index (κ1) is 14.5. The number of rotatable bonds is 5. The maximum absolute atomic E-state index is 7.46. The molecule has 4 nitrogen and oxygen atoms in total. The minimum absolute atomic E-state index is 0.0846. The Kier molecular flexibility index (Phi) is 4.39. The standard InChI is InChI=1S/C15H19N3OS/c1-9-4-5-12(8-10(9)2)19-7-6-13-18-11(3)14(20-13)15(16)17/h4-5,8H,6-7H2,1-3H3,(H3,16,17). The van der Waals surface area contributed by atoms with Crippen molar-refractivity contribution in [3.63, 3.8) is 0 Å². The normalized spacial score (nSPS) is 10.6. The fourth-order valence-corrected chi connectivity index (χ4v) is 2.78. The van der Waals surface area contributed by atoms with Gasteiger partial charge in [-0.3, -0.25) is 5.41 Å². The summed E-state index contributed by atoms with van der Waals surface area (Å²) in [5.74, 6) is 0.967. The van der Waals surface area contributed by atoms with Gasteiger partial charge in [0.05, 0.1) is 22.2 Å². The maximum atomic E-state index is 7.46. The van der Waals surface area contributed by atoms with E-state index in [2.05, 4.69) is 24.9 Å². The van der Waals surface area contributed by atoms with Crippen molar-refractivity contribution in [1.29, 1.82) is 5.41 Å². The molecule has 0 spiro atoms. The van der Waals surface area contributed by atoms with Crippen LogP contribution in [-0.2, 0) is 6.42 Å². The molecule has 0 saturated carbocycles. The van der Waals surface area contributed by atoms with E-state index < -0.39 is 0 Å². The first-order valence-electron chi connectivity index (χ1n) is 6.48. The van der Waals surface area contributed by atoms with E-state index in [1.54, 1.807) is 0 Å². The predicted octanol–water partition coefficient (Wildman–Crippen LogP) is 2.97. The second kappa shape index (κ2) is 6.05. The Balaban J connectivity index is 1.94. The Morgan fingerprint density at radius 2 is 2.05 bits per heavy atom. The van der Waals surface area contributed by atoms with Crippen LogP contribution in [0.2, 0.25) is 0 Å². The van der Waals surface area contributed by atoms with Crippen LogP contribution < -0.4 is 10.5 Å². The lowest BCUT2D eigenvalue weighted by atomic mass is 10.1. The summed E-state index contributed by atoms with van der Waals surface area (Å²) in [4.78, 5) is 5.17. The Hall–Kier alpha value is -1.88. The third kappa shape index (κ3) is 3.36. The molecule has 0 amide bonds. The van der Waals surface area contributed by atoms with Gasteiger partial charge in [0, 0.05) is 6.42 Å². The lowest BCUT2D eigenvalue weighted by Crippen LogP contribution is -2.10. The number of nitrogens with zero attached hydrogens (tertiary/aromatic N) is 1. The summed E-state index contributed by atoms with van der Waals surface area (Å²) in [6.07, 6.45) is 0.728. The van der Waals surface area contributed by atoms with Gasteiger partial charge in [0.1, 0.15) is 11.6 Å². The first-order chi connectivity index (χ1) is 9.47. The zero-order valence-corrected chi connectivity index (χ0v) is 12.8. The highest BCUT2D eigenvalue weighted by Crippen LogP contribution is 2.19. The van der Waals surface area contributed by atoms with Gasteiger partial charge in [0.25, 0.3) is 0 Å². The molecule has 0 aliphatic rings. The summed E-state index contributed by atoms with van der Waals surface area (Å²) >= 11 is 1.47. The molecule has 5 heteroatoms. The molecule has 0 radical (unpaired) electrons. The molecule has 1 aromatic carbocycles. The number of amidine groups is 1. The molecule has 0 unspecified atom stereocenters. The van der Waals surface area contributed by atoms with Crippen molar-refractivity contribution in [3.05, 3.63) is 44.9 Å². The smallest absolute Gasteiger partial charge is 0.135 e. The molecule has 1 aromatic heterocycles. The lowest BCUT2D eigenvalue weighted by molar-refractivity contribution is 0.321. The van der Waals surface area contributed by atoms with E-state index in [1.165, 1.54) is 22.5 Å². The van der Waals surface area contributed by atoms with Gasteiger partial charge in [0.2, 0.25) is 0 Å². The lowest BCUT2D eigenvalue weighted by Gasteiger charge is -2.07. The Labute approximate surface area is 123 Å². The maximum Gasteiger partial charge on any atom is 0.135 e. The molecule has 106 valence electrons. The van der Waals surface area contributed by atoms with E-state index in [0.29, 0.717) is 6.61 Å². The summed E-state index contributed by atoms with van der Waals surface area (Å²) in [5, 5.41) is 8.42. The zero-order valence-electron chi connectivity index (χ0n) is 12.0. The van der Waals surface area contributed by atoms with Gasteiger partial charge in [-0.15, -0.1) is 11.3 Å². The van der Waals surface area contributed by atoms with Crippen molar-refractivity contribution in [1.82, 2.24) is 4.98 Å². The molecular formula is C15H19N3OS. The molecule has 0 bridgehead atoms. The quantitative estimate of drug-likeness (QED) is 0.656. The van der Waals surface area contributed by atoms with Crippen molar-refractivity contribution < 1.29 is 4.74 Å². The number of thiazole rings is 1. The van der Waals surface area contributed by atoms with E-state index in [1.807, 2.05) is 19.1 Å². The summed E-state index contributed by atoms with van der Waals surface area (Å²) in [6, 6.07) is 6.09. The fourth-order valence-electron chi connectivity index (χ4n) is 1.87. The van der Waals surface area contributed by atoms with Crippen molar-refractivity contribution in [2.24, 2.45) is 5.73 Å². The van der Waals surface area contributed by atoms with Gasteiger partial charge in [0.15, 0.2) is 0 Å². The Bertz CT molecular complexity index is 634. The van der Waals surface area contributed by atoms with Crippen LogP contribution >= 0.6 is 11.3 Å².